The molecule has 1 N–H and O–H groups in total. The fraction of sp³-hybridized carbons (Fsp3) is 0.385. The Hall–Kier alpha value is -1.95. The van der Waals surface area contributed by atoms with Gasteiger partial charge in [-0.3, -0.25) is 4.79 Å². The third-order valence-electron chi connectivity index (χ3n) is 3.14. The molecule has 1 heterocycles. The van der Waals surface area contributed by atoms with Gasteiger partial charge in [0.1, 0.15) is 12.4 Å². The first-order valence-corrected chi connectivity index (χ1v) is 5.94. The van der Waals surface area contributed by atoms with Gasteiger partial charge in [-0.2, -0.15) is 0 Å². The van der Waals surface area contributed by atoms with Crippen LogP contribution in [-0.2, 0) is 14.3 Å². The zero-order valence-electron chi connectivity index (χ0n) is 10.4. The Bertz CT molecular complexity index is 503. The maximum absolute atomic E-state index is 13.9. The van der Waals surface area contributed by atoms with E-state index in [0.29, 0.717) is 6.54 Å². The molecule has 0 bridgehead atoms. The average Bonchev–Trinajstić information content (AvgIpc) is 2.38. The molecule has 0 aliphatic carbocycles. The number of nitrogens with zero attached hydrogens (tertiary/aromatic N) is 1. The molecule has 1 saturated heterocycles. The van der Waals surface area contributed by atoms with Gasteiger partial charge < -0.3 is 14.7 Å². The largest absolute Gasteiger partial charge is 0.479 e. The minimum absolute atomic E-state index is 0.157. The van der Waals surface area contributed by atoms with Gasteiger partial charge in [0.05, 0.1) is 6.04 Å². The van der Waals surface area contributed by atoms with Crippen molar-refractivity contribution in [2.45, 2.75) is 19.1 Å². The zero-order chi connectivity index (χ0) is 14.0. The van der Waals surface area contributed by atoms with Gasteiger partial charge in [-0.25, -0.2) is 9.18 Å². The monoisotopic (exact) mass is 267 g/mol. The molecule has 0 aromatic heterocycles. The molecule has 2 unspecified atom stereocenters. The lowest BCUT2D eigenvalue weighted by Gasteiger charge is -2.38. The maximum atomic E-state index is 13.9. The Kier molecular flexibility index (Phi) is 3.80. The number of carbonyl (C=O) groups is 2. The molecule has 0 spiro atoms. The van der Waals surface area contributed by atoms with Crippen LogP contribution in [0.2, 0.25) is 0 Å². The molecule has 0 radical (unpaired) electrons. The van der Waals surface area contributed by atoms with Crippen LogP contribution < -0.4 is 0 Å². The van der Waals surface area contributed by atoms with Crippen molar-refractivity contribution in [3.8, 4) is 0 Å². The standard InChI is InChI=1S/C13H14FNO4/c1-2-15-10(16)7-19-12(13(17)18)11(15)8-5-3-4-6-9(8)14/h3-6,11-12H,2,7H2,1H3,(H,17,18). The fourth-order valence-electron chi connectivity index (χ4n) is 2.28. The van der Waals surface area contributed by atoms with E-state index in [1.165, 1.54) is 23.1 Å². The Labute approximate surface area is 109 Å². The van der Waals surface area contributed by atoms with E-state index in [2.05, 4.69) is 0 Å². The average molecular weight is 267 g/mol. The maximum Gasteiger partial charge on any atom is 0.335 e. The minimum Gasteiger partial charge on any atom is -0.479 e. The Morgan fingerprint density at radius 2 is 2.21 bits per heavy atom. The predicted molar refractivity (Wildman–Crippen MR) is 63.9 cm³/mol. The number of carboxylic acids is 1. The number of aliphatic carboxylic acids is 1. The Morgan fingerprint density at radius 3 is 2.79 bits per heavy atom. The van der Waals surface area contributed by atoms with E-state index in [9.17, 15) is 19.1 Å². The summed E-state index contributed by atoms with van der Waals surface area (Å²) in [7, 11) is 0. The first kappa shape index (κ1) is 13.5. The fourth-order valence-corrected chi connectivity index (χ4v) is 2.28. The van der Waals surface area contributed by atoms with E-state index in [-0.39, 0.29) is 18.1 Å². The molecule has 1 aromatic rings. The number of likely N-dealkylation sites (N-methyl/N-ethyl adjacent to an activating group) is 1. The lowest BCUT2D eigenvalue weighted by molar-refractivity contribution is -0.173. The summed E-state index contributed by atoms with van der Waals surface area (Å²) in [6.45, 7) is 1.72. The molecular weight excluding hydrogens is 253 g/mol. The molecule has 1 fully saturated rings. The number of carboxylic acid groups (broad SMARTS) is 1. The van der Waals surface area contributed by atoms with Gasteiger partial charge in [0, 0.05) is 12.1 Å². The van der Waals surface area contributed by atoms with Crippen LogP contribution in [0.1, 0.15) is 18.5 Å². The number of ether oxygens (including phenoxy) is 1. The molecule has 19 heavy (non-hydrogen) atoms. The molecule has 0 saturated carbocycles. The van der Waals surface area contributed by atoms with Crippen LogP contribution in [0, 0.1) is 5.82 Å². The number of hydrogen-bond acceptors (Lipinski definition) is 3. The van der Waals surface area contributed by atoms with Crippen molar-refractivity contribution >= 4 is 11.9 Å². The van der Waals surface area contributed by atoms with Gasteiger partial charge in [-0.15, -0.1) is 0 Å². The Morgan fingerprint density at radius 1 is 1.53 bits per heavy atom. The van der Waals surface area contributed by atoms with Crippen LogP contribution in [0.15, 0.2) is 24.3 Å². The molecule has 2 rings (SSSR count). The van der Waals surface area contributed by atoms with Crippen molar-refractivity contribution in [2.24, 2.45) is 0 Å². The normalized spacial score (nSPS) is 23.5. The van der Waals surface area contributed by atoms with Crippen LogP contribution in [0.4, 0.5) is 4.39 Å². The molecule has 2 atom stereocenters. The molecule has 1 aliphatic heterocycles. The summed E-state index contributed by atoms with van der Waals surface area (Å²) < 4.78 is 18.9. The second-order valence-corrected chi connectivity index (χ2v) is 4.22. The summed E-state index contributed by atoms with van der Waals surface area (Å²) in [6, 6.07) is 4.88. The van der Waals surface area contributed by atoms with Gasteiger partial charge in [0.2, 0.25) is 5.91 Å². The van der Waals surface area contributed by atoms with Crippen LogP contribution in [0.3, 0.4) is 0 Å². The van der Waals surface area contributed by atoms with Crippen molar-refractivity contribution in [3.63, 3.8) is 0 Å². The number of morpholine rings is 1. The van der Waals surface area contributed by atoms with Crippen molar-refractivity contribution in [3.05, 3.63) is 35.6 Å². The van der Waals surface area contributed by atoms with Crippen molar-refractivity contribution < 1.29 is 23.8 Å². The van der Waals surface area contributed by atoms with E-state index < -0.39 is 23.9 Å². The van der Waals surface area contributed by atoms with Gasteiger partial charge in [0.15, 0.2) is 6.10 Å². The molecule has 1 aromatic carbocycles. The van der Waals surface area contributed by atoms with Crippen molar-refractivity contribution in [2.75, 3.05) is 13.2 Å². The topological polar surface area (TPSA) is 66.8 Å². The number of rotatable bonds is 3. The molecule has 1 amide bonds. The third kappa shape index (κ3) is 2.44. The van der Waals surface area contributed by atoms with E-state index >= 15 is 0 Å². The first-order valence-electron chi connectivity index (χ1n) is 5.94. The second-order valence-electron chi connectivity index (χ2n) is 4.22. The molecular formula is C13H14FNO4. The number of halogens is 1. The van der Waals surface area contributed by atoms with Crippen LogP contribution >= 0.6 is 0 Å². The first-order chi connectivity index (χ1) is 9.06. The highest BCUT2D eigenvalue weighted by Crippen LogP contribution is 2.31. The van der Waals surface area contributed by atoms with E-state index in [0.717, 1.165) is 0 Å². The minimum atomic E-state index is -1.26. The number of carbonyl (C=O) groups excluding carboxylic acids is 1. The SMILES string of the molecule is CCN1C(=O)COC(C(=O)O)C1c1ccccc1F. The second kappa shape index (κ2) is 5.36. The summed E-state index contributed by atoms with van der Waals surface area (Å²) in [4.78, 5) is 24.3. The predicted octanol–water partition coefficient (Wildman–Crippen LogP) is 1.20. The van der Waals surface area contributed by atoms with Crippen LogP contribution in [-0.4, -0.2) is 41.1 Å². The summed E-state index contributed by atoms with van der Waals surface area (Å²) in [5, 5.41) is 9.18. The number of hydrogen-bond donors (Lipinski definition) is 1. The van der Waals surface area contributed by atoms with Gasteiger partial charge in [-0.05, 0) is 13.0 Å². The summed E-state index contributed by atoms with van der Waals surface area (Å²) in [6.07, 6.45) is -1.26. The van der Waals surface area contributed by atoms with E-state index in [1.54, 1.807) is 13.0 Å². The third-order valence-corrected chi connectivity index (χ3v) is 3.14. The van der Waals surface area contributed by atoms with Crippen LogP contribution in [0.25, 0.3) is 0 Å². The highest BCUT2D eigenvalue weighted by molar-refractivity contribution is 5.83. The highest BCUT2D eigenvalue weighted by Gasteiger charge is 2.42. The molecule has 102 valence electrons. The van der Waals surface area contributed by atoms with E-state index in [4.69, 9.17) is 4.74 Å². The zero-order valence-corrected chi connectivity index (χ0v) is 10.4. The van der Waals surface area contributed by atoms with Gasteiger partial charge in [-0.1, -0.05) is 18.2 Å². The summed E-state index contributed by atoms with van der Waals surface area (Å²) in [5.74, 6) is -2.09. The molecule has 5 nitrogen and oxygen atoms in total. The highest BCUT2D eigenvalue weighted by atomic mass is 19.1. The van der Waals surface area contributed by atoms with Crippen LogP contribution in [0.5, 0.6) is 0 Å². The smallest absolute Gasteiger partial charge is 0.335 e. The molecule has 1 aliphatic rings. The summed E-state index contributed by atoms with van der Waals surface area (Å²) >= 11 is 0. The molecule has 6 heteroatoms. The lowest BCUT2D eigenvalue weighted by atomic mass is 9.97. The van der Waals surface area contributed by atoms with Gasteiger partial charge in [0.25, 0.3) is 0 Å². The summed E-state index contributed by atoms with van der Waals surface area (Å²) in [5.41, 5.74) is 0.157. The number of amides is 1. The van der Waals surface area contributed by atoms with Crippen molar-refractivity contribution in [1.29, 1.82) is 0 Å². The Balaban J connectivity index is 2.47. The quantitative estimate of drug-likeness (QED) is 0.893. The van der Waals surface area contributed by atoms with Crippen molar-refractivity contribution in [1.82, 2.24) is 4.90 Å². The van der Waals surface area contributed by atoms with Gasteiger partial charge >= 0.3 is 5.97 Å². The lowest BCUT2D eigenvalue weighted by Crippen LogP contribution is -2.51. The van der Waals surface area contributed by atoms with E-state index in [1.807, 2.05) is 0 Å². The number of benzene rings is 1.